The molecule has 0 spiro atoms. The summed E-state index contributed by atoms with van der Waals surface area (Å²) in [5.41, 5.74) is 0.560. The van der Waals surface area contributed by atoms with Crippen LogP contribution >= 0.6 is 0 Å². The summed E-state index contributed by atoms with van der Waals surface area (Å²) < 4.78 is 5.04. The van der Waals surface area contributed by atoms with Gasteiger partial charge in [0.25, 0.3) is 0 Å². The molecule has 5 nitrogen and oxygen atoms in total. The van der Waals surface area contributed by atoms with E-state index in [0.29, 0.717) is 6.54 Å². The lowest BCUT2D eigenvalue weighted by atomic mass is 9.80. The van der Waals surface area contributed by atoms with Crippen molar-refractivity contribution in [3.63, 3.8) is 0 Å². The van der Waals surface area contributed by atoms with E-state index in [0.717, 1.165) is 37.7 Å². The molecule has 2 rings (SSSR count). The fourth-order valence-electron chi connectivity index (χ4n) is 3.30. The molecule has 0 amide bonds. The van der Waals surface area contributed by atoms with Crippen LogP contribution in [-0.4, -0.2) is 41.6 Å². The number of ether oxygens (including phenoxy) is 1. The minimum atomic E-state index is -0.940. The van der Waals surface area contributed by atoms with E-state index in [9.17, 15) is 9.59 Å². The summed E-state index contributed by atoms with van der Waals surface area (Å²) in [7, 11) is 3.34. The number of likely N-dealkylation sites (N-methyl/N-ethyl adjacent to an activating group) is 1. The molecule has 1 aromatic carbocycles. The Bertz CT molecular complexity index is 549. The Morgan fingerprint density at radius 3 is 2.55 bits per heavy atom. The summed E-state index contributed by atoms with van der Waals surface area (Å²) in [5.74, 6) is -1.13. The molecule has 0 heterocycles. The average molecular weight is 305 g/mol. The predicted octanol–water partition coefficient (Wildman–Crippen LogP) is 2.69. The van der Waals surface area contributed by atoms with E-state index in [4.69, 9.17) is 9.84 Å². The smallest absolute Gasteiger partial charge is 0.335 e. The van der Waals surface area contributed by atoms with Crippen molar-refractivity contribution in [2.45, 2.75) is 44.2 Å². The molecule has 0 aromatic heterocycles. The number of carbonyl (C=O) groups excluding carboxylic acids is 1. The van der Waals surface area contributed by atoms with Crippen LogP contribution in [0, 0.1) is 0 Å². The van der Waals surface area contributed by atoms with Crippen molar-refractivity contribution in [2.24, 2.45) is 0 Å². The second-order valence-corrected chi connectivity index (χ2v) is 5.95. The highest BCUT2D eigenvalue weighted by Crippen LogP contribution is 2.35. The zero-order chi connectivity index (χ0) is 16.2. The largest absolute Gasteiger partial charge is 0.478 e. The lowest BCUT2D eigenvalue weighted by Crippen LogP contribution is -2.54. The van der Waals surface area contributed by atoms with Crippen molar-refractivity contribution in [3.8, 4) is 0 Å². The third-order valence-electron chi connectivity index (χ3n) is 4.57. The van der Waals surface area contributed by atoms with Gasteiger partial charge >= 0.3 is 11.9 Å². The molecule has 1 N–H and O–H groups in total. The van der Waals surface area contributed by atoms with Crippen LogP contribution in [0.3, 0.4) is 0 Å². The van der Waals surface area contributed by atoms with E-state index in [-0.39, 0.29) is 11.5 Å². The van der Waals surface area contributed by atoms with Crippen molar-refractivity contribution in [1.29, 1.82) is 0 Å². The van der Waals surface area contributed by atoms with Crippen molar-refractivity contribution in [3.05, 3.63) is 35.4 Å². The van der Waals surface area contributed by atoms with Gasteiger partial charge in [0.15, 0.2) is 0 Å². The van der Waals surface area contributed by atoms with E-state index in [1.807, 2.05) is 18.0 Å². The first-order chi connectivity index (χ1) is 10.5. The number of rotatable bonds is 5. The molecular formula is C17H23NO4. The Morgan fingerprint density at radius 1 is 1.27 bits per heavy atom. The minimum Gasteiger partial charge on any atom is -0.478 e. The van der Waals surface area contributed by atoms with Crippen LogP contribution < -0.4 is 0 Å². The van der Waals surface area contributed by atoms with Crippen molar-refractivity contribution < 1.29 is 19.4 Å². The van der Waals surface area contributed by atoms with Crippen molar-refractivity contribution >= 4 is 11.9 Å². The first-order valence-corrected chi connectivity index (χ1v) is 7.61. The number of carbonyl (C=O) groups is 2. The van der Waals surface area contributed by atoms with Gasteiger partial charge in [-0.2, -0.15) is 0 Å². The van der Waals surface area contributed by atoms with Gasteiger partial charge in [-0.05, 0) is 37.6 Å². The van der Waals surface area contributed by atoms with E-state index in [2.05, 4.69) is 0 Å². The molecule has 1 saturated carbocycles. The van der Waals surface area contributed by atoms with Crippen LogP contribution in [0.5, 0.6) is 0 Å². The highest BCUT2D eigenvalue weighted by Gasteiger charge is 2.44. The zero-order valence-corrected chi connectivity index (χ0v) is 13.2. The lowest BCUT2D eigenvalue weighted by Gasteiger charge is -2.42. The Hall–Kier alpha value is -1.88. The maximum Gasteiger partial charge on any atom is 0.335 e. The summed E-state index contributed by atoms with van der Waals surface area (Å²) in [6.45, 7) is 0.524. The number of carboxylic acids is 1. The van der Waals surface area contributed by atoms with Gasteiger partial charge in [0, 0.05) is 6.54 Å². The van der Waals surface area contributed by atoms with Crippen molar-refractivity contribution in [2.75, 3.05) is 14.2 Å². The van der Waals surface area contributed by atoms with Crippen LogP contribution in [0.15, 0.2) is 24.3 Å². The van der Waals surface area contributed by atoms with E-state index < -0.39 is 11.5 Å². The summed E-state index contributed by atoms with van der Waals surface area (Å²) >= 11 is 0. The molecule has 0 radical (unpaired) electrons. The molecule has 1 aromatic rings. The van der Waals surface area contributed by atoms with Crippen LogP contribution in [0.25, 0.3) is 0 Å². The van der Waals surface area contributed by atoms with Crippen LogP contribution in [0.1, 0.15) is 48.0 Å². The summed E-state index contributed by atoms with van der Waals surface area (Å²) in [6.07, 6.45) is 4.73. The van der Waals surface area contributed by atoms with E-state index in [1.54, 1.807) is 18.2 Å². The Balaban J connectivity index is 2.21. The van der Waals surface area contributed by atoms with Crippen LogP contribution in [0.4, 0.5) is 0 Å². The van der Waals surface area contributed by atoms with Gasteiger partial charge in [0.05, 0.1) is 12.7 Å². The molecule has 1 aliphatic rings. The molecule has 22 heavy (non-hydrogen) atoms. The molecule has 0 aliphatic heterocycles. The van der Waals surface area contributed by atoms with Gasteiger partial charge < -0.3 is 9.84 Å². The number of hydrogen-bond acceptors (Lipinski definition) is 4. The number of hydrogen-bond donors (Lipinski definition) is 1. The maximum atomic E-state index is 12.3. The zero-order valence-electron chi connectivity index (χ0n) is 13.2. The number of methoxy groups -OCH3 is 1. The van der Waals surface area contributed by atoms with Gasteiger partial charge in [0.1, 0.15) is 5.54 Å². The first kappa shape index (κ1) is 16.5. The van der Waals surface area contributed by atoms with Gasteiger partial charge in [-0.25, -0.2) is 4.79 Å². The van der Waals surface area contributed by atoms with Gasteiger partial charge in [0.2, 0.25) is 0 Å². The first-order valence-electron chi connectivity index (χ1n) is 7.61. The number of aromatic carboxylic acids is 1. The standard InChI is InChI=1S/C17H23NO4/c1-18(12-13-7-6-8-14(11-13)15(19)20)17(16(21)22-2)9-4-3-5-10-17/h6-8,11H,3-5,9-10,12H2,1-2H3,(H,19,20). The molecule has 1 fully saturated rings. The van der Waals surface area contributed by atoms with Gasteiger partial charge in [-0.1, -0.05) is 31.4 Å². The Labute approximate surface area is 130 Å². The van der Waals surface area contributed by atoms with Gasteiger partial charge in [-0.15, -0.1) is 0 Å². The fraction of sp³-hybridized carbons (Fsp3) is 0.529. The number of benzene rings is 1. The second kappa shape index (κ2) is 6.92. The van der Waals surface area contributed by atoms with Gasteiger partial charge in [-0.3, -0.25) is 9.69 Å². The van der Waals surface area contributed by atoms with Crippen molar-refractivity contribution in [1.82, 2.24) is 4.90 Å². The normalized spacial score (nSPS) is 17.2. The lowest BCUT2D eigenvalue weighted by molar-refractivity contribution is -0.157. The Kier molecular flexibility index (Phi) is 5.19. The second-order valence-electron chi connectivity index (χ2n) is 5.95. The molecule has 0 bridgehead atoms. The third kappa shape index (κ3) is 3.30. The minimum absolute atomic E-state index is 0.191. The van der Waals surface area contributed by atoms with Crippen LogP contribution in [-0.2, 0) is 16.1 Å². The highest BCUT2D eigenvalue weighted by atomic mass is 16.5. The number of carboxylic acid groups (broad SMARTS) is 1. The fourth-order valence-corrected chi connectivity index (χ4v) is 3.30. The molecule has 120 valence electrons. The molecule has 0 atom stereocenters. The summed E-state index contributed by atoms with van der Waals surface area (Å²) in [5, 5.41) is 9.08. The van der Waals surface area contributed by atoms with Crippen LogP contribution in [0.2, 0.25) is 0 Å². The highest BCUT2D eigenvalue weighted by molar-refractivity contribution is 5.87. The molecule has 5 heteroatoms. The average Bonchev–Trinajstić information content (AvgIpc) is 2.54. The predicted molar refractivity (Wildman–Crippen MR) is 82.7 cm³/mol. The summed E-state index contributed by atoms with van der Waals surface area (Å²) in [6, 6.07) is 6.85. The topological polar surface area (TPSA) is 66.8 Å². The monoisotopic (exact) mass is 305 g/mol. The molecule has 1 aliphatic carbocycles. The summed E-state index contributed by atoms with van der Waals surface area (Å²) in [4.78, 5) is 25.4. The SMILES string of the molecule is COC(=O)C1(N(C)Cc2cccc(C(=O)O)c2)CCCCC1. The van der Waals surface area contributed by atoms with E-state index >= 15 is 0 Å². The maximum absolute atomic E-state index is 12.3. The Morgan fingerprint density at radius 2 is 1.95 bits per heavy atom. The number of nitrogens with zero attached hydrogens (tertiary/aromatic N) is 1. The quantitative estimate of drug-likeness (QED) is 0.847. The molecule has 0 unspecified atom stereocenters. The molecule has 0 saturated heterocycles. The third-order valence-corrected chi connectivity index (χ3v) is 4.57. The molecular weight excluding hydrogens is 282 g/mol. The number of esters is 1. The van der Waals surface area contributed by atoms with E-state index in [1.165, 1.54) is 7.11 Å².